The zero-order chi connectivity index (χ0) is 20.5. The number of anilines is 1. The van der Waals surface area contributed by atoms with Crippen LogP contribution in [0.5, 0.6) is 0 Å². The van der Waals surface area contributed by atoms with Crippen LogP contribution in [0.3, 0.4) is 0 Å². The normalized spacial score (nSPS) is 24.8. The lowest BCUT2D eigenvalue weighted by molar-refractivity contribution is -0.0139. The van der Waals surface area contributed by atoms with Crippen LogP contribution in [0.15, 0.2) is 36.7 Å². The fraction of sp³-hybridized carbons (Fsp3) is 0.500. The van der Waals surface area contributed by atoms with Gasteiger partial charge in [-0.25, -0.2) is 9.97 Å². The molecule has 2 fully saturated rings. The molecule has 0 saturated carbocycles. The maximum absolute atomic E-state index is 13.0. The minimum absolute atomic E-state index is 0.0728. The number of fused-ring (bicyclic) bond motifs is 1. The minimum Gasteiger partial charge on any atom is -0.390 e. The van der Waals surface area contributed by atoms with Gasteiger partial charge >= 0.3 is 0 Å². The highest BCUT2D eigenvalue weighted by Crippen LogP contribution is 2.26. The van der Waals surface area contributed by atoms with Crippen molar-refractivity contribution < 1.29 is 14.6 Å². The van der Waals surface area contributed by atoms with E-state index in [1.807, 2.05) is 0 Å². The second kappa shape index (κ2) is 8.29. The van der Waals surface area contributed by atoms with E-state index < -0.39 is 6.10 Å². The number of carbonyl (C=O) groups excluding carboxylic acids is 1. The molecule has 0 unspecified atom stereocenters. The van der Waals surface area contributed by atoms with Gasteiger partial charge in [-0.2, -0.15) is 0 Å². The molecule has 0 bridgehead atoms. The first-order valence-corrected chi connectivity index (χ1v) is 10.6. The number of piperidine rings is 1. The lowest BCUT2D eigenvalue weighted by Crippen LogP contribution is -2.56. The maximum Gasteiger partial charge on any atom is 0.272 e. The van der Waals surface area contributed by atoms with Crippen molar-refractivity contribution in [1.29, 1.82) is 0 Å². The van der Waals surface area contributed by atoms with Gasteiger partial charge in [-0.15, -0.1) is 0 Å². The van der Waals surface area contributed by atoms with E-state index in [4.69, 9.17) is 4.74 Å². The number of aliphatic hydroxyl groups is 1. The van der Waals surface area contributed by atoms with E-state index >= 15 is 0 Å². The molecule has 0 radical (unpaired) electrons. The van der Waals surface area contributed by atoms with Crippen LogP contribution < -0.4 is 5.32 Å². The third-order valence-corrected chi connectivity index (χ3v) is 6.34. The van der Waals surface area contributed by atoms with Crippen LogP contribution in [0.1, 0.15) is 28.0 Å². The fourth-order valence-electron chi connectivity index (χ4n) is 4.57. The first-order chi connectivity index (χ1) is 14.7. The molecular weight excluding hydrogens is 382 g/mol. The Morgan fingerprint density at radius 2 is 2.00 bits per heavy atom. The maximum atomic E-state index is 13.0. The Labute approximate surface area is 175 Å². The van der Waals surface area contributed by atoms with Gasteiger partial charge in [-0.3, -0.25) is 9.69 Å². The van der Waals surface area contributed by atoms with Gasteiger partial charge in [0, 0.05) is 38.3 Å². The summed E-state index contributed by atoms with van der Waals surface area (Å²) < 4.78 is 5.16. The summed E-state index contributed by atoms with van der Waals surface area (Å²) in [5.74, 6) is 0.468. The van der Waals surface area contributed by atoms with Crippen molar-refractivity contribution in [3.05, 3.63) is 53.5 Å². The van der Waals surface area contributed by atoms with E-state index in [0.29, 0.717) is 37.8 Å². The number of hydrogen-bond acceptors (Lipinski definition) is 7. The van der Waals surface area contributed by atoms with Gasteiger partial charge in [0.1, 0.15) is 17.8 Å². The molecule has 0 spiro atoms. The second-order valence-corrected chi connectivity index (χ2v) is 8.33. The first-order valence-electron chi connectivity index (χ1n) is 10.6. The number of amides is 1. The fourth-order valence-corrected chi connectivity index (χ4v) is 4.57. The summed E-state index contributed by atoms with van der Waals surface area (Å²) >= 11 is 0. The van der Waals surface area contributed by atoms with E-state index in [1.54, 1.807) is 11.0 Å². The van der Waals surface area contributed by atoms with E-state index in [-0.39, 0.29) is 18.0 Å². The largest absolute Gasteiger partial charge is 0.390 e. The molecule has 8 heteroatoms. The quantitative estimate of drug-likeness (QED) is 0.776. The molecule has 1 aromatic heterocycles. The minimum atomic E-state index is -0.570. The summed E-state index contributed by atoms with van der Waals surface area (Å²) in [4.78, 5) is 25.4. The molecule has 2 atom stereocenters. The Kier molecular flexibility index (Phi) is 5.37. The SMILES string of the molecule is O=C(c1cc(NC2COC2)ncn1)N1CC[C@H](N2CCc3ccccc3C2)[C@H](O)C1. The molecule has 0 aliphatic carbocycles. The summed E-state index contributed by atoms with van der Waals surface area (Å²) in [6.07, 6.45) is 2.60. The van der Waals surface area contributed by atoms with E-state index in [9.17, 15) is 9.90 Å². The van der Waals surface area contributed by atoms with Gasteiger partial charge in [0.25, 0.3) is 5.91 Å². The standard InChI is InChI=1S/C22H27N5O3/c28-20-11-27(22(29)18-9-21(24-14-23-18)25-17-12-30-13-17)8-6-19(20)26-7-5-15-3-1-2-4-16(15)10-26/h1-4,9,14,17,19-20,28H,5-8,10-13H2,(H,23,24,25)/t19-,20+/m0/s1. The number of benzene rings is 1. The number of likely N-dealkylation sites (tertiary alicyclic amines) is 1. The molecule has 4 heterocycles. The van der Waals surface area contributed by atoms with Crippen molar-refractivity contribution >= 4 is 11.7 Å². The van der Waals surface area contributed by atoms with Crippen molar-refractivity contribution in [3.63, 3.8) is 0 Å². The molecule has 2 aromatic rings. The van der Waals surface area contributed by atoms with Gasteiger partial charge < -0.3 is 20.1 Å². The van der Waals surface area contributed by atoms with Gasteiger partial charge in [0.2, 0.25) is 0 Å². The van der Waals surface area contributed by atoms with Crippen LogP contribution in [0.4, 0.5) is 5.82 Å². The molecule has 3 aliphatic heterocycles. The number of hydrogen-bond donors (Lipinski definition) is 2. The van der Waals surface area contributed by atoms with E-state index in [1.165, 1.54) is 17.5 Å². The van der Waals surface area contributed by atoms with Crippen LogP contribution >= 0.6 is 0 Å². The third kappa shape index (κ3) is 3.90. The average Bonchev–Trinajstić information content (AvgIpc) is 2.75. The number of aliphatic hydroxyl groups excluding tert-OH is 1. The van der Waals surface area contributed by atoms with Crippen molar-refractivity contribution in [2.75, 3.05) is 38.2 Å². The predicted octanol–water partition coefficient (Wildman–Crippen LogP) is 0.921. The number of nitrogens with one attached hydrogen (secondary N) is 1. The molecular formula is C22H27N5O3. The van der Waals surface area contributed by atoms with Gasteiger partial charge in [-0.05, 0) is 24.0 Å². The highest BCUT2D eigenvalue weighted by Gasteiger charge is 2.35. The van der Waals surface area contributed by atoms with Gasteiger partial charge in [0.05, 0.1) is 25.4 Å². The van der Waals surface area contributed by atoms with Crippen molar-refractivity contribution in [2.45, 2.75) is 37.6 Å². The van der Waals surface area contributed by atoms with Crippen LogP contribution in [-0.4, -0.2) is 81.8 Å². The number of ether oxygens (including phenoxy) is 1. The Balaban J connectivity index is 1.21. The lowest BCUT2D eigenvalue weighted by Gasteiger charge is -2.43. The Morgan fingerprint density at radius 1 is 1.17 bits per heavy atom. The van der Waals surface area contributed by atoms with Crippen molar-refractivity contribution in [1.82, 2.24) is 19.8 Å². The molecule has 2 saturated heterocycles. The zero-order valence-electron chi connectivity index (χ0n) is 16.9. The van der Waals surface area contributed by atoms with Crippen LogP contribution in [0.25, 0.3) is 0 Å². The molecule has 158 valence electrons. The topological polar surface area (TPSA) is 90.8 Å². The number of nitrogens with zero attached hydrogens (tertiary/aromatic N) is 4. The zero-order valence-corrected chi connectivity index (χ0v) is 16.9. The van der Waals surface area contributed by atoms with Gasteiger partial charge in [-0.1, -0.05) is 24.3 Å². The molecule has 1 amide bonds. The number of rotatable bonds is 4. The molecule has 5 rings (SSSR count). The smallest absolute Gasteiger partial charge is 0.272 e. The highest BCUT2D eigenvalue weighted by molar-refractivity contribution is 5.93. The monoisotopic (exact) mass is 409 g/mol. The summed E-state index contributed by atoms with van der Waals surface area (Å²) in [7, 11) is 0. The Hall–Kier alpha value is -2.55. The predicted molar refractivity (Wildman–Crippen MR) is 111 cm³/mol. The molecule has 8 nitrogen and oxygen atoms in total. The third-order valence-electron chi connectivity index (χ3n) is 6.34. The molecule has 30 heavy (non-hydrogen) atoms. The Morgan fingerprint density at radius 3 is 2.77 bits per heavy atom. The molecule has 2 N–H and O–H groups in total. The van der Waals surface area contributed by atoms with E-state index in [2.05, 4.69) is 44.5 Å². The van der Waals surface area contributed by atoms with Crippen molar-refractivity contribution in [2.24, 2.45) is 0 Å². The summed E-state index contributed by atoms with van der Waals surface area (Å²) in [5, 5.41) is 14.1. The van der Waals surface area contributed by atoms with Gasteiger partial charge in [0.15, 0.2) is 0 Å². The number of carbonyl (C=O) groups is 1. The summed E-state index contributed by atoms with van der Waals surface area (Å²) in [6, 6.07) is 10.5. The lowest BCUT2D eigenvalue weighted by atomic mass is 9.94. The summed E-state index contributed by atoms with van der Waals surface area (Å²) in [5.41, 5.74) is 3.09. The van der Waals surface area contributed by atoms with Crippen LogP contribution in [0.2, 0.25) is 0 Å². The highest BCUT2D eigenvalue weighted by atomic mass is 16.5. The van der Waals surface area contributed by atoms with E-state index in [0.717, 1.165) is 25.9 Å². The van der Waals surface area contributed by atoms with Crippen LogP contribution in [-0.2, 0) is 17.7 Å². The Bertz CT molecular complexity index is 919. The number of aromatic nitrogens is 2. The molecule has 1 aromatic carbocycles. The van der Waals surface area contributed by atoms with Crippen molar-refractivity contribution in [3.8, 4) is 0 Å². The second-order valence-electron chi connectivity index (χ2n) is 8.33. The number of β-amino-alcohol motifs (C(OH)–C–C–N with tert-alkyl or cyclic N) is 1. The molecule has 3 aliphatic rings. The van der Waals surface area contributed by atoms with Crippen LogP contribution in [0, 0.1) is 0 Å². The summed E-state index contributed by atoms with van der Waals surface area (Å²) in [6.45, 7) is 4.03. The first kappa shape index (κ1) is 19.4. The average molecular weight is 409 g/mol.